The third-order valence-electron chi connectivity index (χ3n) is 3.30. The molecule has 1 fully saturated rings. The first kappa shape index (κ1) is 14.7. The van der Waals surface area contributed by atoms with Crippen molar-refractivity contribution in [2.75, 3.05) is 38.7 Å². The first-order valence-electron chi connectivity index (χ1n) is 6.46. The molecule has 1 saturated heterocycles. The zero-order valence-electron chi connectivity index (χ0n) is 11.7. The number of amides is 1. The lowest BCUT2D eigenvalue weighted by molar-refractivity contribution is 0.00879. The van der Waals surface area contributed by atoms with Gasteiger partial charge in [-0.25, -0.2) is 0 Å². The summed E-state index contributed by atoms with van der Waals surface area (Å²) in [4.78, 5) is 16.4. The molecule has 0 aromatic heterocycles. The first-order valence-corrected chi connectivity index (χ1v) is 6.87. The Hall–Kier alpha value is -1.66. The molecule has 1 aliphatic rings. The highest BCUT2D eigenvalue weighted by atomic mass is 32.1. The van der Waals surface area contributed by atoms with Gasteiger partial charge in [-0.2, -0.15) is 0 Å². The van der Waals surface area contributed by atoms with E-state index in [4.69, 9.17) is 22.7 Å². The Morgan fingerprint density at radius 1 is 1.40 bits per heavy atom. The van der Waals surface area contributed by atoms with E-state index in [1.54, 1.807) is 4.90 Å². The number of hydrogen-bond donors (Lipinski definition) is 1. The number of anilines is 1. The van der Waals surface area contributed by atoms with Crippen LogP contribution < -0.4 is 10.6 Å². The Labute approximate surface area is 124 Å². The van der Waals surface area contributed by atoms with Gasteiger partial charge in [-0.05, 0) is 24.3 Å². The van der Waals surface area contributed by atoms with E-state index in [9.17, 15) is 4.79 Å². The highest BCUT2D eigenvalue weighted by Gasteiger charge is 2.26. The standard InChI is InChI=1S/C14H19N3O2S/c1-16(2)11-5-3-10(4-6-11)14(18)17-7-8-19-12(9-17)13(15)20/h3-6,12H,7-9H2,1-2H3,(H2,15,20). The number of carbonyl (C=O) groups is 1. The molecule has 20 heavy (non-hydrogen) atoms. The molecule has 0 aliphatic carbocycles. The number of carbonyl (C=O) groups excluding carboxylic acids is 1. The van der Waals surface area contributed by atoms with Gasteiger partial charge in [0.25, 0.3) is 5.91 Å². The van der Waals surface area contributed by atoms with Gasteiger partial charge in [-0.1, -0.05) is 12.2 Å². The highest BCUT2D eigenvalue weighted by molar-refractivity contribution is 7.80. The molecule has 2 rings (SSSR count). The van der Waals surface area contributed by atoms with Crippen LogP contribution in [0.2, 0.25) is 0 Å². The van der Waals surface area contributed by atoms with E-state index in [0.29, 0.717) is 30.2 Å². The summed E-state index contributed by atoms with van der Waals surface area (Å²) in [6.07, 6.45) is -0.344. The predicted octanol–water partition coefficient (Wildman–Crippen LogP) is 0.880. The average Bonchev–Trinajstić information content (AvgIpc) is 2.46. The van der Waals surface area contributed by atoms with E-state index >= 15 is 0 Å². The molecular weight excluding hydrogens is 274 g/mol. The number of rotatable bonds is 3. The third-order valence-corrected chi connectivity index (χ3v) is 3.56. The second-order valence-electron chi connectivity index (χ2n) is 4.95. The van der Waals surface area contributed by atoms with Gasteiger partial charge in [-0.3, -0.25) is 4.79 Å². The summed E-state index contributed by atoms with van der Waals surface area (Å²) in [5.41, 5.74) is 7.31. The molecule has 1 heterocycles. The van der Waals surface area contributed by atoms with Gasteiger partial charge in [0.2, 0.25) is 0 Å². The van der Waals surface area contributed by atoms with E-state index in [2.05, 4.69) is 0 Å². The summed E-state index contributed by atoms with van der Waals surface area (Å²) in [6.45, 7) is 1.44. The van der Waals surface area contributed by atoms with Crippen molar-refractivity contribution < 1.29 is 9.53 Å². The molecule has 1 aliphatic heterocycles. The van der Waals surface area contributed by atoms with Crippen LogP contribution in [0.15, 0.2) is 24.3 Å². The number of benzene rings is 1. The second kappa shape index (κ2) is 6.19. The summed E-state index contributed by atoms with van der Waals surface area (Å²) in [6, 6.07) is 7.53. The molecule has 6 heteroatoms. The van der Waals surface area contributed by atoms with E-state index < -0.39 is 0 Å². The molecule has 1 aromatic rings. The summed E-state index contributed by atoms with van der Waals surface area (Å²) >= 11 is 4.93. The number of nitrogens with zero attached hydrogens (tertiary/aromatic N) is 2. The number of ether oxygens (including phenoxy) is 1. The van der Waals surface area contributed by atoms with Crippen molar-refractivity contribution in [1.82, 2.24) is 4.90 Å². The fraction of sp³-hybridized carbons (Fsp3) is 0.429. The maximum absolute atomic E-state index is 12.4. The maximum atomic E-state index is 12.4. The van der Waals surface area contributed by atoms with Crippen molar-refractivity contribution in [3.8, 4) is 0 Å². The summed E-state index contributed by atoms with van der Waals surface area (Å²) in [5.74, 6) is -0.0140. The van der Waals surface area contributed by atoms with E-state index in [-0.39, 0.29) is 12.0 Å². The van der Waals surface area contributed by atoms with Gasteiger partial charge in [0, 0.05) is 31.9 Å². The molecule has 0 radical (unpaired) electrons. The van der Waals surface area contributed by atoms with Crippen molar-refractivity contribution in [2.45, 2.75) is 6.10 Å². The topological polar surface area (TPSA) is 58.8 Å². The lowest BCUT2D eigenvalue weighted by Crippen LogP contribution is -2.49. The van der Waals surface area contributed by atoms with Crippen molar-refractivity contribution in [3.63, 3.8) is 0 Å². The van der Waals surface area contributed by atoms with Crippen LogP contribution in [0, 0.1) is 0 Å². The number of thiocarbonyl (C=S) groups is 1. The smallest absolute Gasteiger partial charge is 0.254 e. The van der Waals surface area contributed by atoms with Crippen LogP contribution in [-0.4, -0.2) is 55.7 Å². The van der Waals surface area contributed by atoms with Gasteiger partial charge in [0.1, 0.15) is 11.1 Å². The van der Waals surface area contributed by atoms with Gasteiger partial charge in [0.05, 0.1) is 13.2 Å². The van der Waals surface area contributed by atoms with Crippen LogP contribution in [0.25, 0.3) is 0 Å². The minimum Gasteiger partial charge on any atom is -0.391 e. The Bertz CT molecular complexity index is 502. The molecule has 1 atom stereocenters. The maximum Gasteiger partial charge on any atom is 0.254 e. The van der Waals surface area contributed by atoms with E-state index in [1.807, 2.05) is 43.3 Å². The van der Waals surface area contributed by atoms with Crippen molar-refractivity contribution in [1.29, 1.82) is 0 Å². The zero-order valence-corrected chi connectivity index (χ0v) is 12.5. The monoisotopic (exact) mass is 293 g/mol. The van der Waals surface area contributed by atoms with Crippen molar-refractivity contribution in [3.05, 3.63) is 29.8 Å². The van der Waals surface area contributed by atoms with Gasteiger partial charge >= 0.3 is 0 Å². The lowest BCUT2D eigenvalue weighted by atomic mass is 10.1. The molecule has 1 amide bonds. The molecule has 5 nitrogen and oxygen atoms in total. The molecular formula is C14H19N3O2S. The molecule has 108 valence electrons. The first-order chi connectivity index (χ1) is 9.49. The number of morpholine rings is 1. The van der Waals surface area contributed by atoms with E-state index in [0.717, 1.165) is 5.69 Å². The molecule has 1 aromatic carbocycles. The minimum atomic E-state index is -0.344. The Morgan fingerprint density at radius 2 is 2.05 bits per heavy atom. The van der Waals surface area contributed by atoms with Crippen LogP contribution in [-0.2, 0) is 4.74 Å². The molecule has 0 bridgehead atoms. The molecule has 2 N–H and O–H groups in total. The van der Waals surface area contributed by atoms with Crippen LogP contribution in [0.4, 0.5) is 5.69 Å². The number of hydrogen-bond acceptors (Lipinski definition) is 4. The fourth-order valence-electron chi connectivity index (χ4n) is 2.09. The average molecular weight is 293 g/mol. The Kier molecular flexibility index (Phi) is 4.57. The Morgan fingerprint density at radius 3 is 2.60 bits per heavy atom. The second-order valence-corrected chi connectivity index (χ2v) is 5.43. The van der Waals surface area contributed by atoms with Crippen molar-refractivity contribution >= 4 is 28.8 Å². The molecule has 1 unspecified atom stereocenters. The predicted molar refractivity (Wildman–Crippen MR) is 83.2 cm³/mol. The molecule has 0 spiro atoms. The van der Waals surface area contributed by atoms with Crippen LogP contribution in [0.1, 0.15) is 10.4 Å². The SMILES string of the molecule is CN(C)c1ccc(C(=O)N2CCOC(C(N)=S)C2)cc1. The van der Waals surface area contributed by atoms with Crippen LogP contribution in [0.5, 0.6) is 0 Å². The highest BCUT2D eigenvalue weighted by Crippen LogP contribution is 2.15. The normalized spacial score (nSPS) is 18.7. The van der Waals surface area contributed by atoms with Gasteiger partial charge in [0.15, 0.2) is 0 Å². The largest absolute Gasteiger partial charge is 0.391 e. The van der Waals surface area contributed by atoms with Crippen LogP contribution in [0.3, 0.4) is 0 Å². The molecule has 0 saturated carbocycles. The number of nitrogens with two attached hydrogens (primary N) is 1. The Balaban J connectivity index is 2.08. The summed E-state index contributed by atoms with van der Waals surface area (Å²) < 4.78 is 5.44. The quantitative estimate of drug-likeness (QED) is 0.838. The lowest BCUT2D eigenvalue weighted by Gasteiger charge is -2.32. The fourth-order valence-corrected chi connectivity index (χ4v) is 2.23. The van der Waals surface area contributed by atoms with Gasteiger partial charge in [-0.15, -0.1) is 0 Å². The van der Waals surface area contributed by atoms with Gasteiger partial charge < -0.3 is 20.3 Å². The third kappa shape index (κ3) is 3.26. The summed E-state index contributed by atoms with van der Waals surface area (Å²) in [5, 5.41) is 0. The minimum absolute atomic E-state index is 0.0140. The van der Waals surface area contributed by atoms with Crippen molar-refractivity contribution in [2.24, 2.45) is 5.73 Å². The van der Waals surface area contributed by atoms with E-state index in [1.165, 1.54) is 0 Å². The summed E-state index contributed by atoms with van der Waals surface area (Å²) in [7, 11) is 3.93. The zero-order chi connectivity index (χ0) is 14.7. The van der Waals surface area contributed by atoms with Crippen LogP contribution >= 0.6 is 12.2 Å².